The maximum atomic E-state index is 12.4. The van der Waals surface area contributed by atoms with Crippen molar-refractivity contribution >= 4 is 16.9 Å². The van der Waals surface area contributed by atoms with Crippen molar-refractivity contribution in [1.29, 1.82) is 0 Å². The van der Waals surface area contributed by atoms with Crippen molar-refractivity contribution in [2.45, 2.75) is 38.1 Å². The summed E-state index contributed by atoms with van der Waals surface area (Å²) in [5.74, 6) is -0.580. The molecule has 0 bridgehead atoms. The highest BCUT2D eigenvalue weighted by molar-refractivity contribution is 5.89. The number of piperidine rings is 1. The molecule has 0 radical (unpaired) electrons. The quantitative estimate of drug-likeness (QED) is 0.587. The van der Waals surface area contributed by atoms with Gasteiger partial charge in [-0.2, -0.15) is 0 Å². The number of fused-ring (bicyclic) bond motifs is 6. The molecule has 0 spiro atoms. The number of nitrogens with one attached hydrogen (secondary N) is 1. The van der Waals surface area contributed by atoms with Crippen molar-refractivity contribution in [3.05, 3.63) is 47.4 Å². The summed E-state index contributed by atoms with van der Waals surface area (Å²) in [5.41, 5.74) is 4.24. The van der Waals surface area contributed by atoms with Crippen LogP contribution in [0.25, 0.3) is 10.9 Å². The number of aliphatic hydroxyl groups is 1. The molecule has 6 heteroatoms. The molecule has 4 heterocycles. The largest absolute Gasteiger partial charge is 0.497 e. The number of aliphatic hydroxyl groups excluding tert-OH is 1. The number of carbonyl (C=O) groups excluding carboxylic acids is 1. The van der Waals surface area contributed by atoms with Crippen LogP contribution in [0.15, 0.2) is 36.1 Å². The molecule has 2 N–H and O–H groups in total. The summed E-state index contributed by atoms with van der Waals surface area (Å²) in [6.07, 6.45) is 2.51. The molecule has 1 saturated heterocycles. The lowest BCUT2D eigenvalue weighted by atomic mass is 9.70. The van der Waals surface area contributed by atoms with E-state index in [-0.39, 0.29) is 30.0 Å². The molecule has 1 aromatic carbocycles. The van der Waals surface area contributed by atoms with Crippen LogP contribution in [0, 0.1) is 11.8 Å². The summed E-state index contributed by atoms with van der Waals surface area (Å²) in [4.78, 5) is 16.0. The molecule has 6 atom stereocenters. The monoisotopic (exact) mass is 383 g/mol. The van der Waals surface area contributed by atoms with Crippen LogP contribution in [-0.2, 0) is 20.7 Å². The molecule has 0 amide bonds. The zero-order chi connectivity index (χ0) is 19.6. The third kappa shape index (κ3) is 2.25. The molecule has 3 aliphatic heterocycles. The van der Waals surface area contributed by atoms with E-state index in [2.05, 4.69) is 30.2 Å². The van der Waals surface area contributed by atoms with Crippen molar-refractivity contribution in [3.8, 4) is 0 Å². The van der Waals surface area contributed by atoms with Crippen molar-refractivity contribution in [2.75, 3.05) is 20.7 Å². The Balaban J connectivity index is 1.63. The van der Waals surface area contributed by atoms with E-state index < -0.39 is 6.23 Å². The SMILES string of the molecule is COC(=O)C1=CO[C@H](C)[C@@H]2[C@@H]1C[C@H]1c3[nH]c4ccccc4c3CC[N+]1(C)[C@H]2O. The van der Waals surface area contributed by atoms with E-state index in [0.717, 1.165) is 24.9 Å². The van der Waals surface area contributed by atoms with Gasteiger partial charge in [-0.3, -0.25) is 4.48 Å². The fraction of sp³-hybridized carbons (Fsp3) is 0.500. The molecule has 148 valence electrons. The summed E-state index contributed by atoms with van der Waals surface area (Å²) >= 11 is 0. The first-order valence-electron chi connectivity index (χ1n) is 10.0. The highest BCUT2D eigenvalue weighted by Gasteiger charge is 2.59. The van der Waals surface area contributed by atoms with Gasteiger partial charge in [-0.1, -0.05) is 18.2 Å². The fourth-order valence-electron chi connectivity index (χ4n) is 5.83. The first-order chi connectivity index (χ1) is 13.5. The van der Waals surface area contributed by atoms with Crippen molar-refractivity contribution < 1.29 is 23.9 Å². The van der Waals surface area contributed by atoms with Crippen molar-refractivity contribution in [2.24, 2.45) is 11.8 Å². The molecule has 2 aromatic rings. The van der Waals surface area contributed by atoms with Gasteiger partial charge in [0.2, 0.25) is 0 Å². The number of likely N-dealkylation sites (N-methyl/N-ethyl adjacent to an activating group) is 1. The predicted molar refractivity (Wildman–Crippen MR) is 104 cm³/mol. The van der Waals surface area contributed by atoms with Gasteiger partial charge in [0.1, 0.15) is 12.1 Å². The Bertz CT molecular complexity index is 980. The number of H-pyrrole nitrogens is 1. The molecule has 1 unspecified atom stereocenters. The predicted octanol–water partition coefficient (Wildman–Crippen LogP) is 2.64. The summed E-state index contributed by atoms with van der Waals surface area (Å²) in [5, 5.41) is 12.8. The van der Waals surface area contributed by atoms with Gasteiger partial charge in [0, 0.05) is 29.7 Å². The van der Waals surface area contributed by atoms with Gasteiger partial charge < -0.3 is 19.6 Å². The molecule has 6 nitrogen and oxygen atoms in total. The average Bonchev–Trinajstić information content (AvgIpc) is 3.07. The lowest BCUT2D eigenvalue weighted by Crippen LogP contribution is -2.67. The number of quaternary nitrogens is 1. The molecule has 1 aromatic heterocycles. The van der Waals surface area contributed by atoms with Crippen molar-refractivity contribution in [3.63, 3.8) is 0 Å². The fourth-order valence-corrected chi connectivity index (χ4v) is 5.83. The van der Waals surface area contributed by atoms with Crippen LogP contribution in [-0.4, -0.2) is 53.6 Å². The van der Waals surface area contributed by atoms with E-state index in [1.165, 1.54) is 23.8 Å². The number of hydrogen-bond acceptors (Lipinski definition) is 4. The number of para-hydroxylation sites is 1. The van der Waals surface area contributed by atoms with Gasteiger partial charge >= 0.3 is 5.97 Å². The number of carbonyl (C=O) groups is 1. The van der Waals surface area contributed by atoms with E-state index in [4.69, 9.17) is 9.47 Å². The van der Waals surface area contributed by atoms with Crippen LogP contribution in [0.4, 0.5) is 0 Å². The molecule has 3 aliphatic rings. The van der Waals surface area contributed by atoms with Gasteiger partial charge in [-0.05, 0) is 18.6 Å². The zero-order valence-corrected chi connectivity index (χ0v) is 16.5. The van der Waals surface area contributed by atoms with Gasteiger partial charge in [0.05, 0.1) is 44.1 Å². The summed E-state index contributed by atoms with van der Waals surface area (Å²) in [6.45, 7) is 2.85. The number of aromatic amines is 1. The third-order valence-electron chi connectivity index (χ3n) is 7.40. The Kier molecular flexibility index (Phi) is 3.87. The Morgan fingerprint density at radius 1 is 1.36 bits per heavy atom. The number of esters is 1. The highest BCUT2D eigenvalue weighted by Crippen LogP contribution is 2.53. The minimum absolute atomic E-state index is 0.0836. The van der Waals surface area contributed by atoms with E-state index in [0.29, 0.717) is 10.1 Å². The highest BCUT2D eigenvalue weighted by atomic mass is 16.5. The second kappa shape index (κ2) is 6.09. The lowest BCUT2D eigenvalue weighted by Gasteiger charge is -2.56. The number of nitrogens with zero attached hydrogens (tertiary/aromatic N) is 1. The van der Waals surface area contributed by atoms with Gasteiger partial charge in [0.15, 0.2) is 6.23 Å². The number of methoxy groups -OCH3 is 1. The number of ether oxygens (including phenoxy) is 2. The van der Waals surface area contributed by atoms with E-state index >= 15 is 0 Å². The van der Waals surface area contributed by atoms with Crippen LogP contribution in [0.5, 0.6) is 0 Å². The maximum absolute atomic E-state index is 12.4. The number of benzene rings is 1. The maximum Gasteiger partial charge on any atom is 0.337 e. The summed E-state index contributed by atoms with van der Waals surface area (Å²) < 4.78 is 11.3. The second-order valence-corrected chi connectivity index (χ2v) is 8.64. The first-order valence-corrected chi connectivity index (χ1v) is 10.0. The normalized spacial score (nSPS) is 36.6. The molecular formula is C22H27N2O4+. The van der Waals surface area contributed by atoms with Gasteiger partial charge in [-0.15, -0.1) is 0 Å². The Morgan fingerprint density at radius 3 is 2.93 bits per heavy atom. The third-order valence-corrected chi connectivity index (χ3v) is 7.40. The molecular weight excluding hydrogens is 356 g/mol. The molecule has 1 fully saturated rings. The van der Waals surface area contributed by atoms with E-state index in [1.807, 2.05) is 13.0 Å². The van der Waals surface area contributed by atoms with Crippen LogP contribution < -0.4 is 0 Å². The van der Waals surface area contributed by atoms with Gasteiger partial charge in [0.25, 0.3) is 0 Å². The number of aromatic nitrogens is 1. The molecule has 5 rings (SSSR count). The lowest BCUT2D eigenvalue weighted by molar-refractivity contribution is -0.994. The molecule has 0 saturated carbocycles. The molecule has 28 heavy (non-hydrogen) atoms. The van der Waals surface area contributed by atoms with Crippen LogP contribution in [0.3, 0.4) is 0 Å². The van der Waals surface area contributed by atoms with Gasteiger partial charge in [-0.25, -0.2) is 4.79 Å². The Labute approximate surface area is 164 Å². The van der Waals surface area contributed by atoms with Crippen molar-refractivity contribution in [1.82, 2.24) is 4.98 Å². The zero-order valence-electron chi connectivity index (χ0n) is 16.5. The molecule has 0 aliphatic carbocycles. The Hall–Kier alpha value is -2.31. The minimum atomic E-state index is -0.605. The van der Waals surface area contributed by atoms with Crippen LogP contribution in [0.1, 0.15) is 30.6 Å². The van der Waals surface area contributed by atoms with E-state index in [9.17, 15) is 9.90 Å². The average molecular weight is 383 g/mol. The van der Waals surface area contributed by atoms with Crippen LogP contribution in [0.2, 0.25) is 0 Å². The topological polar surface area (TPSA) is 71.5 Å². The first kappa shape index (κ1) is 17.8. The minimum Gasteiger partial charge on any atom is -0.497 e. The number of rotatable bonds is 1. The smallest absolute Gasteiger partial charge is 0.337 e. The van der Waals surface area contributed by atoms with Crippen LogP contribution >= 0.6 is 0 Å². The van der Waals surface area contributed by atoms with E-state index in [1.54, 1.807) is 6.26 Å². The standard InChI is InChI=1S/C22H27N2O4/c1-12-19-15(16(11-28-12)22(26)27-3)10-18-20-14(8-9-24(18,2)21(19)25)13-6-4-5-7-17(13)23-20/h4-7,11-12,15,18-19,21,23,25H,8-10H2,1-3H3/q+1/t12-,15-,18+,19-,21+,24?/m1/s1. The number of hydrogen-bond donors (Lipinski definition) is 2. The Morgan fingerprint density at radius 2 is 2.14 bits per heavy atom. The second-order valence-electron chi connectivity index (χ2n) is 8.64. The summed E-state index contributed by atoms with van der Waals surface area (Å²) in [6, 6.07) is 8.49. The summed E-state index contributed by atoms with van der Waals surface area (Å²) in [7, 11) is 3.54.